The van der Waals surface area contributed by atoms with Crippen LogP contribution in [0.15, 0.2) is 42.6 Å². The van der Waals surface area contributed by atoms with Crippen molar-refractivity contribution in [3.8, 4) is 6.07 Å². The fraction of sp³-hybridized carbons (Fsp3) is 0.133. The first-order valence-corrected chi connectivity index (χ1v) is 5.96. The Bertz CT molecular complexity index is 662. The molecule has 1 amide bonds. The molecule has 0 saturated heterocycles. The number of nitriles is 1. The summed E-state index contributed by atoms with van der Waals surface area (Å²) < 4.78 is 12.8. The molecule has 20 heavy (non-hydrogen) atoms. The van der Waals surface area contributed by atoms with Crippen molar-refractivity contribution in [1.82, 2.24) is 9.88 Å². The summed E-state index contributed by atoms with van der Waals surface area (Å²) in [4.78, 5) is 17.3. The van der Waals surface area contributed by atoms with Gasteiger partial charge in [-0.2, -0.15) is 5.26 Å². The number of nitrogens with zero attached hydrogens (tertiary/aromatic N) is 3. The second kappa shape index (κ2) is 5.93. The van der Waals surface area contributed by atoms with E-state index >= 15 is 0 Å². The molecule has 0 bridgehead atoms. The van der Waals surface area contributed by atoms with E-state index in [4.69, 9.17) is 5.26 Å². The molecular weight excluding hydrogens is 257 g/mol. The van der Waals surface area contributed by atoms with Crippen molar-refractivity contribution in [2.45, 2.75) is 6.54 Å². The highest BCUT2D eigenvalue weighted by Crippen LogP contribution is 2.09. The van der Waals surface area contributed by atoms with Crippen LogP contribution in [-0.4, -0.2) is 22.8 Å². The normalized spacial score (nSPS) is 9.85. The highest BCUT2D eigenvalue weighted by molar-refractivity contribution is 5.92. The summed E-state index contributed by atoms with van der Waals surface area (Å²) in [6, 6.07) is 11.6. The topological polar surface area (TPSA) is 57.0 Å². The summed E-state index contributed by atoms with van der Waals surface area (Å²) in [5.41, 5.74) is 1.58. The Kier molecular flexibility index (Phi) is 4.06. The predicted molar refractivity (Wildman–Crippen MR) is 71.1 cm³/mol. The monoisotopic (exact) mass is 269 g/mol. The van der Waals surface area contributed by atoms with Gasteiger partial charge < -0.3 is 4.90 Å². The van der Waals surface area contributed by atoms with Crippen molar-refractivity contribution >= 4 is 5.91 Å². The lowest BCUT2D eigenvalue weighted by Gasteiger charge is -2.16. The van der Waals surface area contributed by atoms with Gasteiger partial charge in [-0.25, -0.2) is 9.37 Å². The molecule has 0 aliphatic rings. The minimum atomic E-state index is -0.481. The van der Waals surface area contributed by atoms with Gasteiger partial charge in [-0.05, 0) is 29.8 Å². The fourth-order valence-electron chi connectivity index (χ4n) is 1.78. The predicted octanol–water partition coefficient (Wildman–Crippen LogP) is 2.36. The largest absolute Gasteiger partial charge is 0.336 e. The molecule has 0 radical (unpaired) electrons. The van der Waals surface area contributed by atoms with E-state index in [1.165, 1.54) is 17.0 Å². The molecule has 0 unspecified atom stereocenters. The van der Waals surface area contributed by atoms with Crippen molar-refractivity contribution in [1.29, 1.82) is 5.26 Å². The summed E-state index contributed by atoms with van der Waals surface area (Å²) in [5.74, 6) is -0.779. The third kappa shape index (κ3) is 3.18. The Balaban J connectivity index is 2.11. The summed E-state index contributed by atoms with van der Waals surface area (Å²) in [5, 5.41) is 8.83. The fourth-order valence-corrected chi connectivity index (χ4v) is 1.78. The molecule has 2 aromatic rings. The number of amides is 1. The number of rotatable bonds is 3. The number of hydrogen-bond acceptors (Lipinski definition) is 3. The van der Waals surface area contributed by atoms with Crippen LogP contribution >= 0.6 is 0 Å². The Hall–Kier alpha value is -2.74. The van der Waals surface area contributed by atoms with Crippen LogP contribution in [0.5, 0.6) is 0 Å². The molecule has 0 N–H and O–H groups in total. The van der Waals surface area contributed by atoms with Crippen LogP contribution in [0.25, 0.3) is 0 Å². The van der Waals surface area contributed by atoms with Gasteiger partial charge >= 0.3 is 0 Å². The third-order valence-corrected chi connectivity index (χ3v) is 2.77. The number of halogens is 1. The maximum absolute atomic E-state index is 12.8. The van der Waals surface area contributed by atoms with Gasteiger partial charge in [0.2, 0.25) is 0 Å². The van der Waals surface area contributed by atoms with E-state index in [1.807, 2.05) is 6.07 Å². The molecular formula is C15H12FN3O. The quantitative estimate of drug-likeness (QED) is 0.859. The first-order chi connectivity index (χ1) is 9.60. The molecule has 1 aromatic heterocycles. The van der Waals surface area contributed by atoms with Crippen molar-refractivity contribution in [3.63, 3.8) is 0 Å². The Morgan fingerprint density at radius 3 is 2.85 bits per heavy atom. The second-order valence-corrected chi connectivity index (χ2v) is 4.34. The van der Waals surface area contributed by atoms with Crippen molar-refractivity contribution in [2.75, 3.05) is 7.05 Å². The maximum Gasteiger partial charge on any atom is 0.272 e. The first kappa shape index (κ1) is 13.7. The van der Waals surface area contributed by atoms with E-state index in [-0.39, 0.29) is 11.6 Å². The average molecular weight is 269 g/mol. The van der Waals surface area contributed by atoms with E-state index in [2.05, 4.69) is 11.1 Å². The van der Waals surface area contributed by atoms with Crippen molar-refractivity contribution < 1.29 is 9.18 Å². The molecule has 0 fully saturated rings. The SMILES string of the molecule is CN(Cc1cccc(C#N)c1)C(=O)c1ccc(F)cn1. The summed E-state index contributed by atoms with van der Waals surface area (Å²) in [6.07, 6.45) is 1.01. The Morgan fingerprint density at radius 1 is 1.40 bits per heavy atom. The highest BCUT2D eigenvalue weighted by Gasteiger charge is 2.13. The molecule has 1 aromatic carbocycles. The minimum absolute atomic E-state index is 0.185. The maximum atomic E-state index is 12.8. The molecule has 1 heterocycles. The van der Waals surface area contributed by atoms with Gasteiger partial charge in [-0.15, -0.1) is 0 Å². The van der Waals surface area contributed by atoms with Crippen LogP contribution in [0.4, 0.5) is 4.39 Å². The smallest absolute Gasteiger partial charge is 0.272 e. The number of pyridine rings is 1. The van der Waals surface area contributed by atoms with Crippen molar-refractivity contribution in [2.24, 2.45) is 0 Å². The van der Waals surface area contributed by atoms with Gasteiger partial charge in [0.25, 0.3) is 5.91 Å². The summed E-state index contributed by atoms with van der Waals surface area (Å²) in [6.45, 7) is 0.355. The van der Waals surface area contributed by atoms with Gasteiger partial charge in [-0.3, -0.25) is 4.79 Å². The molecule has 0 aliphatic carbocycles. The van der Waals surface area contributed by atoms with E-state index in [0.717, 1.165) is 11.8 Å². The van der Waals surface area contributed by atoms with Gasteiger partial charge in [0.05, 0.1) is 17.8 Å². The molecule has 5 heteroatoms. The van der Waals surface area contributed by atoms with Crippen LogP contribution in [-0.2, 0) is 6.54 Å². The molecule has 2 rings (SSSR count). The molecule has 0 atom stereocenters. The second-order valence-electron chi connectivity index (χ2n) is 4.34. The summed E-state index contributed by atoms with van der Waals surface area (Å²) >= 11 is 0. The van der Waals surface area contributed by atoms with Crippen molar-refractivity contribution in [3.05, 3.63) is 65.2 Å². The number of aromatic nitrogens is 1. The van der Waals surface area contributed by atoms with Gasteiger partial charge in [0, 0.05) is 13.6 Å². The van der Waals surface area contributed by atoms with E-state index < -0.39 is 5.82 Å². The summed E-state index contributed by atoms with van der Waals surface area (Å²) in [7, 11) is 1.63. The average Bonchev–Trinajstić information content (AvgIpc) is 2.47. The Morgan fingerprint density at radius 2 is 2.20 bits per heavy atom. The molecule has 0 aliphatic heterocycles. The number of hydrogen-bond donors (Lipinski definition) is 0. The molecule has 100 valence electrons. The number of benzene rings is 1. The zero-order valence-corrected chi connectivity index (χ0v) is 10.9. The van der Waals surface area contributed by atoms with Gasteiger partial charge in [0.1, 0.15) is 11.5 Å². The Labute approximate surface area is 116 Å². The lowest BCUT2D eigenvalue weighted by molar-refractivity contribution is 0.0779. The van der Waals surface area contributed by atoms with E-state index in [0.29, 0.717) is 12.1 Å². The lowest BCUT2D eigenvalue weighted by Crippen LogP contribution is -2.27. The highest BCUT2D eigenvalue weighted by atomic mass is 19.1. The van der Waals surface area contributed by atoms with Gasteiger partial charge in [-0.1, -0.05) is 12.1 Å². The van der Waals surface area contributed by atoms with Crippen LogP contribution in [0.1, 0.15) is 21.6 Å². The molecule has 0 spiro atoms. The first-order valence-electron chi connectivity index (χ1n) is 5.96. The molecule has 4 nitrogen and oxygen atoms in total. The van der Waals surface area contributed by atoms with Crippen LogP contribution in [0.3, 0.4) is 0 Å². The zero-order chi connectivity index (χ0) is 14.5. The van der Waals surface area contributed by atoms with E-state index in [9.17, 15) is 9.18 Å². The third-order valence-electron chi connectivity index (χ3n) is 2.77. The van der Waals surface area contributed by atoms with Crippen LogP contribution < -0.4 is 0 Å². The number of carbonyl (C=O) groups is 1. The van der Waals surface area contributed by atoms with Crippen LogP contribution in [0, 0.1) is 17.1 Å². The van der Waals surface area contributed by atoms with E-state index in [1.54, 1.807) is 25.2 Å². The zero-order valence-electron chi connectivity index (χ0n) is 10.9. The lowest BCUT2D eigenvalue weighted by atomic mass is 10.1. The van der Waals surface area contributed by atoms with Gasteiger partial charge in [0.15, 0.2) is 0 Å². The minimum Gasteiger partial charge on any atom is -0.336 e. The standard InChI is InChI=1S/C15H12FN3O/c1-19(10-12-4-2-3-11(7-12)8-17)15(20)14-6-5-13(16)9-18-14/h2-7,9H,10H2,1H3. The molecule has 0 saturated carbocycles. The number of carbonyl (C=O) groups excluding carboxylic acids is 1. The van der Waals surface area contributed by atoms with Crippen LogP contribution in [0.2, 0.25) is 0 Å².